The summed E-state index contributed by atoms with van der Waals surface area (Å²) in [6, 6.07) is 9.33. The first-order valence-corrected chi connectivity index (χ1v) is 6.53. The van der Waals surface area contributed by atoms with Gasteiger partial charge in [-0.25, -0.2) is 0 Å². The highest BCUT2D eigenvalue weighted by Gasteiger charge is 2.25. The average Bonchev–Trinajstić information content (AvgIpc) is 2.69. The number of carbonyl (C=O) groups excluding carboxylic acids is 2. The maximum atomic E-state index is 11.9. The van der Waals surface area contributed by atoms with Crippen molar-refractivity contribution >= 4 is 11.7 Å². The van der Waals surface area contributed by atoms with Crippen molar-refractivity contribution in [3.8, 4) is 0 Å². The third-order valence-electron chi connectivity index (χ3n) is 3.34. The molecule has 0 aliphatic carbocycles. The van der Waals surface area contributed by atoms with Crippen LogP contribution in [0.15, 0.2) is 30.3 Å². The number of hydrogen-bond donors (Lipinski definition) is 0. The van der Waals surface area contributed by atoms with Crippen LogP contribution in [0.2, 0.25) is 0 Å². The minimum atomic E-state index is 0.162. The van der Waals surface area contributed by atoms with E-state index in [9.17, 15) is 9.59 Å². The van der Waals surface area contributed by atoms with Gasteiger partial charge in [0.25, 0.3) is 0 Å². The highest BCUT2D eigenvalue weighted by Crippen LogP contribution is 2.17. The van der Waals surface area contributed by atoms with Crippen molar-refractivity contribution < 1.29 is 9.59 Å². The zero-order valence-corrected chi connectivity index (χ0v) is 10.8. The van der Waals surface area contributed by atoms with Crippen molar-refractivity contribution in [2.45, 2.75) is 26.2 Å². The first-order chi connectivity index (χ1) is 8.66. The van der Waals surface area contributed by atoms with Gasteiger partial charge in [0.1, 0.15) is 0 Å². The molecule has 1 saturated heterocycles. The van der Waals surface area contributed by atoms with Crippen LogP contribution >= 0.6 is 0 Å². The SMILES string of the molecule is CC1CC(=O)N(CCCC(=O)c2ccccc2)C1. The summed E-state index contributed by atoms with van der Waals surface area (Å²) in [5.41, 5.74) is 0.763. The van der Waals surface area contributed by atoms with E-state index in [0.29, 0.717) is 25.3 Å². The summed E-state index contributed by atoms with van der Waals surface area (Å²) in [6.07, 6.45) is 1.93. The van der Waals surface area contributed by atoms with Crippen LogP contribution in [0.25, 0.3) is 0 Å². The van der Waals surface area contributed by atoms with Gasteiger partial charge in [-0.05, 0) is 12.3 Å². The fourth-order valence-corrected chi connectivity index (χ4v) is 2.38. The molecule has 18 heavy (non-hydrogen) atoms. The number of nitrogens with zero attached hydrogens (tertiary/aromatic N) is 1. The van der Waals surface area contributed by atoms with Crippen molar-refractivity contribution in [1.29, 1.82) is 0 Å². The van der Waals surface area contributed by atoms with Gasteiger partial charge in [0.05, 0.1) is 0 Å². The first kappa shape index (κ1) is 12.8. The summed E-state index contributed by atoms with van der Waals surface area (Å²) in [5, 5.41) is 0. The molecule has 1 atom stereocenters. The van der Waals surface area contributed by atoms with Gasteiger partial charge in [0, 0.05) is 31.5 Å². The van der Waals surface area contributed by atoms with Crippen molar-refractivity contribution in [3.63, 3.8) is 0 Å². The molecule has 0 N–H and O–H groups in total. The second-order valence-corrected chi connectivity index (χ2v) is 5.04. The van der Waals surface area contributed by atoms with Crippen molar-refractivity contribution in [2.75, 3.05) is 13.1 Å². The molecule has 1 aromatic carbocycles. The number of amides is 1. The summed E-state index contributed by atoms with van der Waals surface area (Å²) >= 11 is 0. The van der Waals surface area contributed by atoms with E-state index < -0.39 is 0 Å². The van der Waals surface area contributed by atoms with E-state index in [-0.39, 0.29) is 11.7 Å². The smallest absolute Gasteiger partial charge is 0.222 e. The molecule has 1 aliphatic rings. The number of ketones is 1. The first-order valence-electron chi connectivity index (χ1n) is 6.53. The molecular weight excluding hydrogens is 226 g/mol. The lowest BCUT2D eigenvalue weighted by Gasteiger charge is -2.15. The molecule has 0 saturated carbocycles. The summed E-state index contributed by atoms with van der Waals surface area (Å²) in [6.45, 7) is 3.65. The lowest BCUT2D eigenvalue weighted by Crippen LogP contribution is -2.26. The van der Waals surface area contributed by atoms with Gasteiger partial charge in [-0.15, -0.1) is 0 Å². The largest absolute Gasteiger partial charge is 0.342 e. The van der Waals surface area contributed by atoms with E-state index in [0.717, 1.165) is 18.5 Å². The van der Waals surface area contributed by atoms with Gasteiger partial charge in [0.15, 0.2) is 5.78 Å². The maximum Gasteiger partial charge on any atom is 0.222 e. The molecule has 1 fully saturated rings. The Kier molecular flexibility index (Phi) is 4.13. The molecule has 1 aromatic rings. The van der Waals surface area contributed by atoms with Crippen LogP contribution in [0.4, 0.5) is 0 Å². The number of hydrogen-bond acceptors (Lipinski definition) is 2. The Morgan fingerprint density at radius 2 is 2.06 bits per heavy atom. The molecule has 0 spiro atoms. The topological polar surface area (TPSA) is 37.4 Å². The predicted octanol–water partition coefficient (Wildman–Crippen LogP) is 2.52. The highest BCUT2D eigenvalue weighted by atomic mass is 16.2. The lowest BCUT2D eigenvalue weighted by molar-refractivity contribution is -0.127. The zero-order chi connectivity index (χ0) is 13.0. The van der Waals surface area contributed by atoms with E-state index in [4.69, 9.17) is 0 Å². The van der Waals surface area contributed by atoms with Crippen LogP contribution in [-0.2, 0) is 4.79 Å². The van der Waals surface area contributed by atoms with Gasteiger partial charge in [-0.2, -0.15) is 0 Å². The standard InChI is InChI=1S/C15H19NO2/c1-12-10-15(18)16(11-12)9-5-8-14(17)13-6-3-2-4-7-13/h2-4,6-7,12H,5,8-11H2,1H3. The van der Waals surface area contributed by atoms with Gasteiger partial charge < -0.3 is 4.90 Å². The Morgan fingerprint density at radius 3 is 2.67 bits per heavy atom. The number of rotatable bonds is 5. The molecular formula is C15H19NO2. The third-order valence-corrected chi connectivity index (χ3v) is 3.34. The Hall–Kier alpha value is -1.64. The molecule has 1 amide bonds. The summed E-state index contributed by atoms with van der Waals surface area (Å²) in [7, 11) is 0. The van der Waals surface area contributed by atoms with E-state index in [1.807, 2.05) is 35.2 Å². The number of carbonyl (C=O) groups is 2. The highest BCUT2D eigenvalue weighted by molar-refractivity contribution is 5.95. The van der Waals surface area contributed by atoms with Gasteiger partial charge in [0.2, 0.25) is 5.91 Å². The summed E-state index contributed by atoms with van der Waals surface area (Å²) in [4.78, 5) is 25.3. The van der Waals surface area contributed by atoms with Crippen LogP contribution in [0, 0.1) is 5.92 Å². The molecule has 0 radical (unpaired) electrons. The molecule has 3 heteroatoms. The molecule has 3 nitrogen and oxygen atoms in total. The van der Waals surface area contributed by atoms with Crippen molar-refractivity contribution in [2.24, 2.45) is 5.92 Å². The maximum absolute atomic E-state index is 11.9. The van der Waals surface area contributed by atoms with E-state index in [2.05, 4.69) is 6.92 Å². The summed E-state index contributed by atoms with van der Waals surface area (Å²) in [5.74, 6) is 0.854. The number of benzene rings is 1. The van der Waals surface area contributed by atoms with Crippen LogP contribution in [0.3, 0.4) is 0 Å². The minimum absolute atomic E-state index is 0.162. The Labute approximate surface area is 108 Å². The van der Waals surface area contributed by atoms with Crippen LogP contribution in [0.1, 0.15) is 36.5 Å². The minimum Gasteiger partial charge on any atom is -0.342 e. The van der Waals surface area contributed by atoms with Crippen LogP contribution < -0.4 is 0 Å². The van der Waals surface area contributed by atoms with Gasteiger partial charge in [-0.1, -0.05) is 37.3 Å². The van der Waals surface area contributed by atoms with E-state index in [1.165, 1.54) is 0 Å². The second-order valence-electron chi connectivity index (χ2n) is 5.04. The molecule has 2 rings (SSSR count). The quantitative estimate of drug-likeness (QED) is 0.747. The fraction of sp³-hybridized carbons (Fsp3) is 0.467. The van der Waals surface area contributed by atoms with Gasteiger partial charge in [-0.3, -0.25) is 9.59 Å². The monoisotopic (exact) mass is 245 g/mol. The Bertz CT molecular complexity index is 427. The fourth-order valence-electron chi connectivity index (χ4n) is 2.38. The van der Waals surface area contributed by atoms with Crippen LogP contribution in [-0.4, -0.2) is 29.7 Å². The molecule has 1 aliphatic heterocycles. The van der Waals surface area contributed by atoms with Crippen molar-refractivity contribution in [3.05, 3.63) is 35.9 Å². The summed E-state index contributed by atoms with van der Waals surface area (Å²) < 4.78 is 0. The third kappa shape index (κ3) is 3.19. The second kappa shape index (κ2) is 5.80. The van der Waals surface area contributed by atoms with E-state index >= 15 is 0 Å². The van der Waals surface area contributed by atoms with Crippen LogP contribution in [0.5, 0.6) is 0 Å². The zero-order valence-electron chi connectivity index (χ0n) is 10.8. The average molecular weight is 245 g/mol. The van der Waals surface area contributed by atoms with E-state index in [1.54, 1.807) is 0 Å². The number of likely N-dealkylation sites (tertiary alicyclic amines) is 1. The Balaban J connectivity index is 1.76. The molecule has 1 heterocycles. The lowest BCUT2D eigenvalue weighted by atomic mass is 10.1. The molecule has 96 valence electrons. The molecule has 0 aromatic heterocycles. The molecule has 1 unspecified atom stereocenters. The number of Topliss-reactive ketones (excluding diaryl/α,β-unsaturated/α-hetero) is 1. The van der Waals surface area contributed by atoms with Crippen molar-refractivity contribution in [1.82, 2.24) is 4.90 Å². The van der Waals surface area contributed by atoms with Gasteiger partial charge >= 0.3 is 0 Å². The Morgan fingerprint density at radius 1 is 1.33 bits per heavy atom. The molecule has 0 bridgehead atoms. The predicted molar refractivity (Wildman–Crippen MR) is 70.4 cm³/mol. The normalized spacial score (nSPS) is 19.3.